The summed E-state index contributed by atoms with van der Waals surface area (Å²) in [5, 5.41) is 3.71. The topological polar surface area (TPSA) is 56.9 Å². The van der Waals surface area contributed by atoms with Crippen LogP contribution in [0.25, 0.3) is 0 Å². The average Bonchev–Trinajstić information content (AvgIpc) is 3.40. The van der Waals surface area contributed by atoms with Crippen molar-refractivity contribution >= 4 is 8.32 Å². The standard InChI is InChI=1S/C19H33N5OSi/c1-6-26(7-2,8-3)25-19(16-10-9-11-20-16,17-21-12-14-23(17)4)18-22-13-15-24(18)5/h12-16,20H,6-11H2,1-5H3/t16-/m0/s1. The Labute approximate surface area is 158 Å². The van der Waals surface area contributed by atoms with Crippen molar-refractivity contribution in [3.05, 3.63) is 36.4 Å². The minimum absolute atomic E-state index is 0.182. The molecule has 1 fully saturated rings. The Hall–Kier alpha value is -1.44. The zero-order valence-electron chi connectivity index (χ0n) is 16.8. The van der Waals surface area contributed by atoms with Crippen LogP contribution < -0.4 is 5.32 Å². The summed E-state index contributed by atoms with van der Waals surface area (Å²) in [5.41, 5.74) is -0.652. The van der Waals surface area contributed by atoms with Gasteiger partial charge in [0.1, 0.15) is 11.6 Å². The fraction of sp³-hybridized carbons (Fsp3) is 0.684. The lowest BCUT2D eigenvalue weighted by Crippen LogP contribution is -2.57. The van der Waals surface area contributed by atoms with Crippen LogP contribution in [0, 0.1) is 0 Å². The molecule has 0 spiro atoms. The summed E-state index contributed by atoms with van der Waals surface area (Å²) in [4.78, 5) is 9.57. The molecule has 26 heavy (non-hydrogen) atoms. The highest BCUT2D eigenvalue weighted by atomic mass is 28.4. The highest BCUT2D eigenvalue weighted by Gasteiger charge is 2.54. The summed E-state index contributed by atoms with van der Waals surface area (Å²) in [7, 11) is 2.20. The van der Waals surface area contributed by atoms with Gasteiger partial charge in [-0.3, -0.25) is 0 Å². The Morgan fingerprint density at radius 2 is 1.62 bits per heavy atom. The van der Waals surface area contributed by atoms with Crippen molar-refractivity contribution in [3.63, 3.8) is 0 Å². The number of hydrogen-bond donors (Lipinski definition) is 1. The molecule has 6 nitrogen and oxygen atoms in total. The summed E-state index contributed by atoms with van der Waals surface area (Å²) >= 11 is 0. The van der Waals surface area contributed by atoms with Crippen LogP contribution in [-0.4, -0.2) is 40.0 Å². The second-order valence-corrected chi connectivity index (χ2v) is 12.1. The van der Waals surface area contributed by atoms with Gasteiger partial charge < -0.3 is 18.9 Å². The molecule has 2 aromatic rings. The molecule has 3 rings (SSSR count). The molecule has 144 valence electrons. The summed E-state index contributed by atoms with van der Waals surface area (Å²) in [5.74, 6) is 1.91. The Bertz CT molecular complexity index is 667. The van der Waals surface area contributed by atoms with Gasteiger partial charge in [-0.1, -0.05) is 20.8 Å². The van der Waals surface area contributed by atoms with Crippen LogP contribution >= 0.6 is 0 Å². The lowest BCUT2D eigenvalue weighted by molar-refractivity contribution is 0.0367. The largest absolute Gasteiger partial charge is 0.397 e. The van der Waals surface area contributed by atoms with Crippen LogP contribution in [-0.2, 0) is 24.1 Å². The van der Waals surface area contributed by atoms with Crippen molar-refractivity contribution in [2.75, 3.05) is 6.54 Å². The quantitative estimate of drug-likeness (QED) is 0.720. The van der Waals surface area contributed by atoms with E-state index in [0.717, 1.165) is 49.2 Å². The van der Waals surface area contributed by atoms with E-state index in [1.54, 1.807) is 0 Å². The number of rotatable bonds is 8. The summed E-state index contributed by atoms with van der Waals surface area (Å²) in [6.45, 7) is 7.86. The molecule has 0 unspecified atom stereocenters. The maximum absolute atomic E-state index is 7.32. The third kappa shape index (κ3) is 3.06. The molecule has 1 atom stereocenters. The van der Waals surface area contributed by atoms with E-state index >= 15 is 0 Å². The molecule has 1 N–H and O–H groups in total. The van der Waals surface area contributed by atoms with Gasteiger partial charge >= 0.3 is 0 Å². The lowest BCUT2D eigenvalue weighted by Gasteiger charge is -2.44. The van der Waals surface area contributed by atoms with Crippen LogP contribution in [0.3, 0.4) is 0 Å². The molecule has 1 aliphatic heterocycles. The van der Waals surface area contributed by atoms with Crippen molar-refractivity contribution in [1.82, 2.24) is 24.4 Å². The van der Waals surface area contributed by atoms with Gasteiger partial charge in [0, 0.05) is 44.9 Å². The Morgan fingerprint density at radius 3 is 1.96 bits per heavy atom. The summed E-state index contributed by atoms with van der Waals surface area (Å²) < 4.78 is 11.5. The first-order valence-electron chi connectivity index (χ1n) is 9.92. The molecule has 0 saturated carbocycles. The van der Waals surface area contributed by atoms with E-state index in [9.17, 15) is 0 Å². The zero-order chi connectivity index (χ0) is 18.8. The van der Waals surface area contributed by atoms with Gasteiger partial charge in [0.2, 0.25) is 0 Å². The molecule has 0 amide bonds. The third-order valence-electron chi connectivity index (χ3n) is 6.17. The maximum Gasteiger partial charge on any atom is 0.194 e. The van der Waals surface area contributed by atoms with Crippen LogP contribution in [0.15, 0.2) is 24.8 Å². The second-order valence-electron chi connectivity index (χ2n) is 7.45. The third-order valence-corrected chi connectivity index (χ3v) is 10.8. The molecule has 3 heterocycles. The first-order valence-corrected chi connectivity index (χ1v) is 12.4. The van der Waals surface area contributed by atoms with E-state index in [0.29, 0.717) is 0 Å². The van der Waals surface area contributed by atoms with Gasteiger partial charge in [-0.2, -0.15) is 0 Å². The fourth-order valence-electron chi connectivity index (χ4n) is 4.36. The van der Waals surface area contributed by atoms with Gasteiger partial charge in [-0.25, -0.2) is 9.97 Å². The molecule has 0 radical (unpaired) electrons. The highest BCUT2D eigenvalue weighted by Crippen LogP contribution is 2.43. The van der Waals surface area contributed by atoms with Crippen molar-refractivity contribution in [2.24, 2.45) is 14.1 Å². The smallest absolute Gasteiger partial charge is 0.194 e. The molecule has 2 aromatic heterocycles. The van der Waals surface area contributed by atoms with E-state index in [1.165, 1.54) is 0 Å². The second kappa shape index (κ2) is 7.66. The predicted octanol–water partition coefficient (Wildman–Crippen LogP) is 3.17. The molecular formula is C19H33N5OSi. The predicted molar refractivity (Wildman–Crippen MR) is 107 cm³/mol. The minimum atomic E-state index is -1.93. The number of nitrogens with one attached hydrogen (secondary N) is 1. The van der Waals surface area contributed by atoms with Crippen LogP contribution in [0.4, 0.5) is 0 Å². The van der Waals surface area contributed by atoms with E-state index in [4.69, 9.17) is 14.4 Å². The molecule has 7 heteroatoms. The maximum atomic E-state index is 7.32. The van der Waals surface area contributed by atoms with E-state index in [1.807, 2.05) is 24.8 Å². The van der Waals surface area contributed by atoms with E-state index < -0.39 is 13.9 Å². The van der Waals surface area contributed by atoms with E-state index in [2.05, 4.69) is 49.3 Å². The van der Waals surface area contributed by atoms with Crippen molar-refractivity contribution < 1.29 is 4.43 Å². The van der Waals surface area contributed by atoms with Gasteiger partial charge in [-0.05, 0) is 37.5 Å². The SMILES string of the molecule is CC[Si](CC)(CC)OC(c1nccn1C)(c1nccn1C)[C@@H]1CCCN1. The first-order chi connectivity index (χ1) is 12.5. The summed E-state index contributed by atoms with van der Waals surface area (Å²) in [6, 6.07) is 3.48. The van der Waals surface area contributed by atoms with Gasteiger partial charge in [0.05, 0.1) is 0 Å². The Balaban J connectivity index is 2.25. The molecule has 0 aliphatic carbocycles. The highest BCUT2D eigenvalue weighted by molar-refractivity contribution is 6.73. The minimum Gasteiger partial charge on any atom is -0.397 e. The van der Waals surface area contributed by atoms with Gasteiger partial charge in [0.25, 0.3) is 0 Å². The van der Waals surface area contributed by atoms with Crippen LogP contribution in [0.5, 0.6) is 0 Å². The van der Waals surface area contributed by atoms with Crippen molar-refractivity contribution in [3.8, 4) is 0 Å². The van der Waals surface area contributed by atoms with E-state index in [-0.39, 0.29) is 6.04 Å². The zero-order valence-corrected chi connectivity index (χ0v) is 17.8. The van der Waals surface area contributed by atoms with Crippen molar-refractivity contribution in [2.45, 2.75) is 63.4 Å². The lowest BCUT2D eigenvalue weighted by atomic mass is 9.90. The fourth-order valence-corrected chi connectivity index (χ4v) is 7.30. The molecule has 0 aromatic carbocycles. The molecule has 0 bridgehead atoms. The number of imidazole rings is 2. The van der Waals surface area contributed by atoms with Gasteiger partial charge in [0.15, 0.2) is 13.9 Å². The van der Waals surface area contributed by atoms with Gasteiger partial charge in [-0.15, -0.1) is 0 Å². The van der Waals surface area contributed by atoms with Crippen LogP contribution in [0.1, 0.15) is 45.3 Å². The van der Waals surface area contributed by atoms with Crippen molar-refractivity contribution in [1.29, 1.82) is 0 Å². The normalized spacial score (nSPS) is 18.6. The molecular weight excluding hydrogens is 342 g/mol. The number of aryl methyl sites for hydroxylation is 2. The first kappa shape index (κ1) is 19.3. The summed E-state index contributed by atoms with van der Waals surface area (Å²) in [6.07, 6.45) is 10.00. The molecule has 1 aliphatic rings. The molecule has 1 saturated heterocycles. The average molecular weight is 376 g/mol. The van der Waals surface area contributed by atoms with Crippen LogP contribution in [0.2, 0.25) is 18.1 Å². The number of nitrogens with zero attached hydrogens (tertiary/aromatic N) is 4. The monoisotopic (exact) mass is 375 g/mol. The number of aromatic nitrogens is 4. The Morgan fingerprint density at radius 1 is 1.08 bits per heavy atom. The number of hydrogen-bond acceptors (Lipinski definition) is 4. The Kier molecular flexibility index (Phi) is 5.69.